The Morgan fingerprint density at radius 1 is 1.00 bits per heavy atom. The van der Waals surface area contributed by atoms with Gasteiger partial charge >= 0.3 is 13.0 Å². The van der Waals surface area contributed by atoms with E-state index >= 15 is 0 Å². The van der Waals surface area contributed by atoms with Gasteiger partial charge in [-0.15, -0.1) is 13.2 Å². The lowest BCUT2D eigenvalue weighted by atomic mass is 10.1. The summed E-state index contributed by atoms with van der Waals surface area (Å²) in [6.07, 6.45) is -2.80. The lowest BCUT2D eigenvalue weighted by Gasteiger charge is -2.14. The summed E-state index contributed by atoms with van der Waals surface area (Å²) in [6, 6.07) is 16.3. The van der Waals surface area contributed by atoms with Gasteiger partial charge in [-0.25, -0.2) is 0 Å². The SMILES string of the molecule is CNCc1cn(Sc2cccc(OC(F)F)c2)c2cc(Nc3ccc(OC(F)(F)F)cc3C)ccc12. The zero-order valence-electron chi connectivity index (χ0n) is 19.2. The molecule has 190 valence electrons. The standard InChI is InChI=1S/C25H22F5N3O2S/c1-15-10-19(35-25(28,29)30)7-9-22(15)32-17-6-8-21-16(13-31-2)14-33(23(21)11-17)36-20-5-3-4-18(12-20)34-24(26)27/h3-12,14,24,31-32H,13H2,1-2H3. The van der Waals surface area contributed by atoms with Crippen LogP contribution in [0, 0.1) is 6.92 Å². The number of hydrogen-bond donors (Lipinski definition) is 2. The summed E-state index contributed by atoms with van der Waals surface area (Å²) in [7, 11) is 1.84. The number of ether oxygens (including phenoxy) is 2. The number of alkyl halides is 5. The van der Waals surface area contributed by atoms with Crippen LogP contribution >= 0.6 is 11.9 Å². The molecule has 36 heavy (non-hydrogen) atoms. The normalized spacial score (nSPS) is 11.8. The number of anilines is 2. The van der Waals surface area contributed by atoms with E-state index in [9.17, 15) is 22.0 Å². The van der Waals surface area contributed by atoms with Crippen LogP contribution in [0.25, 0.3) is 10.9 Å². The molecule has 11 heteroatoms. The van der Waals surface area contributed by atoms with Gasteiger partial charge in [0.2, 0.25) is 0 Å². The van der Waals surface area contributed by atoms with Crippen molar-refractivity contribution in [2.45, 2.75) is 31.3 Å². The van der Waals surface area contributed by atoms with Crippen LogP contribution in [0.15, 0.2) is 71.8 Å². The van der Waals surface area contributed by atoms with Crippen LogP contribution in [0.4, 0.5) is 33.3 Å². The Balaban J connectivity index is 1.63. The van der Waals surface area contributed by atoms with Gasteiger partial charge in [0.05, 0.1) is 5.52 Å². The average molecular weight is 524 g/mol. The molecule has 0 saturated carbocycles. The van der Waals surface area contributed by atoms with Gasteiger partial charge in [0, 0.05) is 34.4 Å². The molecule has 0 unspecified atom stereocenters. The summed E-state index contributed by atoms with van der Waals surface area (Å²) in [6.45, 7) is -0.612. The van der Waals surface area contributed by atoms with E-state index in [0.29, 0.717) is 22.7 Å². The number of benzene rings is 3. The molecule has 2 N–H and O–H groups in total. The first-order chi connectivity index (χ1) is 17.1. The minimum atomic E-state index is -4.76. The predicted octanol–water partition coefficient (Wildman–Crippen LogP) is 7.47. The van der Waals surface area contributed by atoms with Crippen molar-refractivity contribution in [1.82, 2.24) is 9.29 Å². The van der Waals surface area contributed by atoms with E-state index in [1.807, 2.05) is 35.4 Å². The maximum absolute atomic E-state index is 12.6. The topological polar surface area (TPSA) is 47.5 Å². The van der Waals surface area contributed by atoms with E-state index in [2.05, 4.69) is 20.1 Å². The van der Waals surface area contributed by atoms with Crippen LogP contribution in [0.5, 0.6) is 11.5 Å². The van der Waals surface area contributed by atoms with Gasteiger partial charge in [0.15, 0.2) is 0 Å². The minimum absolute atomic E-state index is 0.0673. The summed E-state index contributed by atoms with van der Waals surface area (Å²) < 4.78 is 73.2. The first-order valence-electron chi connectivity index (χ1n) is 10.8. The molecule has 4 aromatic rings. The summed E-state index contributed by atoms with van der Waals surface area (Å²) >= 11 is 1.34. The zero-order valence-corrected chi connectivity index (χ0v) is 20.0. The van der Waals surface area contributed by atoms with Crippen LogP contribution in [-0.2, 0) is 6.54 Å². The molecule has 3 aromatic carbocycles. The van der Waals surface area contributed by atoms with E-state index in [0.717, 1.165) is 22.2 Å². The van der Waals surface area contributed by atoms with Gasteiger partial charge in [-0.05, 0) is 85.6 Å². The largest absolute Gasteiger partial charge is 0.573 e. The first kappa shape index (κ1) is 25.6. The molecule has 0 amide bonds. The second kappa shape index (κ2) is 10.7. The molecular formula is C25H22F5N3O2S. The Hall–Kier alpha value is -3.44. The summed E-state index contributed by atoms with van der Waals surface area (Å²) in [5.74, 6) is -0.223. The molecule has 0 aliphatic heterocycles. The van der Waals surface area contributed by atoms with Gasteiger partial charge in [0.25, 0.3) is 0 Å². The van der Waals surface area contributed by atoms with Crippen molar-refractivity contribution in [2.75, 3.05) is 12.4 Å². The van der Waals surface area contributed by atoms with Crippen molar-refractivity contribution in [3.63, 3.8) is 0 Å². The second-order valence-corrected chi connectivity index (χ2v) is 8.88. The highest BCUT2D eigenvalue weighted by molar-refractivity contribution is 7.98. The van der Waals surface area contributed by atoms with E-state index in [1.165, 1.54) is 42.3 Å². The molecule has 0 radical (unpaired) electrons. The van der Waals surface area contributed by atoms with Gasteiger partial charge in [0.1, 0.15) is 11.5 Å². The molecule has 4 rings (SSSR count). The summed E-state index contributed by atoms with van der Waals surface area (Å²) in [5, 5.41) is 7.37. The number of fused-ring (bicyclic) bond motifs is 1. The van der Waals surface area contributed by atoms with E-state index < -0.39 is 13.0 Å². The number of nitrogens with one attached hydrogen (secondary N) is 2. The number of halogens is 5. The van der Waals surface area contributed by atoms with Crippen LogP contribution in [0.1, 0.15) is 11.1 Å². The van der Waals surface area contributed by atoms with Crippen LogP contribution in [0.2, 0.25) is 0 Å². The Labute approximate surface area is 208 Å². The monoisotopic (exact) mass is 523 g/mol. The molecule has 0 spiro atoms. The zero-order chi connectivity index (χ0) is 25.9. The number of aromatic nitrogens is 1. The average Bonchev–Trinajstić information content (AvgIpc) is 3.11. The highest BCUT2D eigenvalue weighted by Crippen LogP contribution is 2.34. The van der Waals surface area contributed by atoms with Gasteiger partial charge in [-0.1, -0.05) is 12.1 Å². The molecule has 0 saturated heterocycles. The quantitative estimate of drug-likeness (QED) is 0.223. The van der Waals surface area contributed by atoms with Crippen molar-refractivity contribution < 1.29 is 31.4 Å². The fraction of sp³-hybridized carbons (Fsp3) is 0.200. The third kappa shape index (κ3) is 6.41. The van der Waals surface area contributed by atoms with E-state index in [-0.39, 0.29) is 11.5 Å². The predicted molar refractivity (Wildman–Crippen MR) is 130 cm³/mol. The maximum atomic E-state index is 12.6. The molecule has 1 aromatic heterocycles. The summed E-state index contributed by atoms with van der Waals surface area (Å²) in [5.41, 5.74) is 3.83. The summed E-state index contributed by atoms with van der Waals surface area (Å²) in [4.78, 5) is 0.704. The highest BCUT2D eigenvalue weighted by atomic mass is 32.2. The highest BCUT2D eigenvalue weighted by Gasteiger charge is 2.31. The third-order valence-electron chi connectivity index (χ3n) is 5.17. The Morgan fingerprint density at radius 3 is 2.50 bits per heavy atom. The Morgan fingerprint density at radius 2 is 1.81 bits per heavy atom. The van der Waals surface area contributed by atoms with Crippen LogP contribution in [-0.4, -0.2) is 24.0 Å². The molecule has 0 atom stereocenters. The first-order valence-corrected chi connectivity index (χ1v) is 11.5. The minimum Gasteiger partial charge on any atom is -0.435 e. The molecule has 0 fully saturated rings. The number of nitrogens with zero attached hydrogens (tertiary/aromatic N) is 1. The van der Waals surface area contributed by atoms with E-state index in [1.54, 1.807) is 19.1 Å². The Bertz CT molecular complexity index is 1360. The molecule has 0 aliphatic carbocycles. The van der Waals surface area contributed by atoms with Crippen molar-refractivity contribution in [3.8, 4) is 11.5 Å². The van der Waals surface area contributed by atoms with Crippen LogP contribution < -0.4 is 20.1 Å². The number of rotatable bonds is 9. The fourth-order valence-electron chi connectivity index (χ4n) is 3.70. The van der Waals surface area contributed by atoms with Crippen molar-refractivity contribution in [1.29, 1.82) is 0 Å². The molecule has 1 heterocycles. The van der Waals surface area contributed by atoms with Crippen molar-refractivity contribution in [2.24, 2.45) is 0 Å². The lowest BCUT2D eigenvalue weighted by Crippen LogP contribution is -2.17. The van der Waals surface area contributed by atoms with Crippen molar-refractivity contribution in [3.05, 3.63) is 78.0 Å². The Kier molecular flexibility index (Phi) is 7.60. The van der Waals surface area contributed by atoms with Gasteiger partial charge in [-0.2, -0.15) is 8.78 Å². The molecule has 5 nitrogen and oxygen atoms in total. The van der Waals surface area contributed by atoms with Crippen LogP contribution in [0.3, 0.4) is 0 Å². The smallest absolute Gasteiger partial charge is 0.435 e. The van der Waals surface area contributed by atoms with Crippen molar-refractivity contribution >= 4 is 34.2 Å². The van der Waals surface area contributed by atoms with Gasteiger partial charge < -0.3 is 20.1 Å². The second-order valence-electron chi connectivity index (χ2n) is 7.84. The maximum Gasteiger partial charge on any atom is 0.573 e. The molecule has 0 aliphatic rings. The molecule has 0 bridgehead atoms. The van der Waals surface area contributed by atoms with Gasteiger partial charge in [-0.3, -0.25) is 3.97 Å². The number of aryl methyl sites for hydroxylation is 1. The molecular weight excluding hydrogens is 501 g/mol. The number of hydrogen-bond acceptors (Lipinski definition) is 5. The fourth-order valence-corrected chi connectivity index (χ4v) is 4.67. The lowest BCUT2D eigenvalue weighted by molar-refractivity contribution is -0.274. The van der Waals surface area contributed by atoms with E-state index in [4.69, 9.17) is 0 Å². The third-order valence-corrected chi connectivity index (χ3v) is 6.13.